The zero-order valence-electron chi connectivity index (χ0n) is 12.5. The van der Waals surface area contributed by atoms with Gasteiger partial charge in [0.05, 0.1) is 23.8 Å². The smallest absolute Gasteiger partial charge is 0.231 e. The number of hydrogen-bond donors (Lipinski definition) is 1. The van der Waals surface area contributed by atoms with Gasteiger partial charge >= 0.3 is 0 Å². The highest BCUT2D eigenvalue weighted by atomic mass is 35.5. The molecule has 1 N–H and O–H groups in total. The number of aromatic nitrogens is 3. The summed E-state index contributed by atoms with van der Waals surface area (Å²) in [4.78, 5) is 23.2. The molecule has 4 heterocycles. The molecule has 0 aromatic carbocycles. The number of amides is 1. The van der Waals surface area contributed by atoms with Gasteiger partial charge in [-0.15, -0.1) is 0 Å². The van der Waals surface area contributed by atoms with Crippen LogP contribution >= 0.6 is 11.6 Å². The van der Waals surface area contributed by atoms with Gasteiger partial charge in [0.2, 0.25) is 5.91 Å². The van der Waals surface area contributed by atoms with E-state index >= 15 is 0 Å². The van der Waals surface area contributed by atoms with Crippen molar-refractivity contribution in [3.05, 3.63) is 29.6 Å². The molecule has 0 bridgehead atoms. The lowest BCUT2D eigenvalue weighted by Gasteiger charge is -2.35. The van der Waals surface area contributed by atoms with Gasteiger partial charge in [0.1, 0.15) is 11.3 Å². The minimum atomic E-state index is -0.494. The van der Waals surface area contributed by atoms with Crippen molar-refractivity contribution in [2.75, 3.05) is 6.54 Å². The van der Waals surface area contributed by atoms with E-state index in [1.54, 1.807) is 12.4 Å². The number of fused-ring (bicyclic) bond motifs is 2. The summed E-state index contributed by atoms with van der Waals surface area (Å²) in [5.41, 5.74) is 0.333. The number of halogens is 1. The van der Waals surface area contributed by atoms with E-state index < -0.39 is 11.5 Å². The lowest BCUT2D eigenvalue weighted by molar-refractivity contribution is -0.134. The third kappa shape index (κ3) is 1.71. The maximum atomic E-state index is 12.7. The zero-order valence-corrected chi connectivity index (χ0v) is 13.3. The zero-order chi connectivity index (χ0) is 15.8. The normalized spacial score (nSPS) is 31.8. The number of rotatable bonds is 1. The molecule has 1 saturated carbocycles. The highest BCUT2D eigenvalue weighted by molar-refractivity contribution is 6.32. The van der Waals surface area contributed by atoms with Crippen LogP contribution in [-0.4, -0.2) is 49.0 Å². The van der Waals surface area contributed by atoms with Crippen LogP contribution in [0.25, 0.3) is 5.52 Å². The molecule has 1 amide bonds. The third-order valence-electron chi connectivity index (χ3n) is 5.84. The van der Waals surface area contributed by atoms with Gasteiger partial charge < -0.3 is 10.0 Å². The first-order chi connectivity index (χ1) is 11.1. The summed E-state index contributed by atoms with van der Waals surface area (Å²) < 4.78 is 1.96. The van der Waals surface area contributed by atoms with Crippen molar-refractivity contribution in [3.63, 3.8) is 0 Å². The van der Waals surface area contributed by atoms with Crippen LogP contribution in [0.3, 0.4) is 0 Å². The minimum Gasteiger partial charge on any atom is -0.390 e. The highest BCUT2D eigenvalue weighted by Crippen LogP contribution is 2.57. The Balaban J connectivity index is 1.49. The van der Waals surface area contributed by atoms with Crippen LogP contribution in [0.15, 0.2) is 18.6 Å². The SMILES string of the molecule is O=C1N2CC(c3ncc4c(Cl)nccn34)CC[C@H]2[C@@H](O)C12CC2. The summed E-state index contributed by atoms with van der Waals surface area (Å²) in [6, 6.07) is -0.0160. The maximum absolute atomic E-state index is 12.7. The summed E-state index contributed by atoms with van der Waals surface area (Å²) >= 11 is 6.12. The average Bonchev–Trinajstić information content (AvgIpc) is 3.21. The van der Waals surface area contributed by atoms with Crippen molar-refractivity contribution < 1.29 is 9.90 Å². The summed E-state index contributed by atoms with van der Waals surface area (Å²) in [5, 5.41) is 10.9. The van der Waals surface area contributed by atoms with Gasteiger partial charge in [-0.1, -0.05) is 11.6 Å². The highest BCUT2D eigenvalue weighted by Gasteiger charge is 2.66. The summed E-state index contributed by atoms with van der Waals surface area (Å²) in [6.45, 7) is 0.626. The summed E-state index contributed by atoms with van der Waals surface area (Å²) in [6.07, 6.45) is 8.17. The number of imidazole rings is 1. The molecule has 6 nitrogen and oxygen atoms in total. The Hall–Kier alpha value is -1.66. The first-order valence-corrected chi connectivity index (χ1v) is 8.46. The molecule has 3 aliphatic rings. The van der Waals surface area contributed by atoms with Crippen molar-refractivity contribution in [1.82, 2.24) is 19.3 Å². The Morgan fingerprint density at radius 3 is 2.91 bits per heavy atom. The molecule has 2 aromatic rings. The second-order valence-corrected chi connectivity index (χ2v) is 7.35. The van der Waals surface area contributed by atoms with Gasteiger partial charge in [-0.2, -0.15) is 0 Å². The molecule has 0 radical (unpaired) electrons. The molecule has 3 atom stereocenters. The molecule has 2 aliphatic heterocycles. The van der Waals surface area contributed by atoms with E-state index in [0.717, 1.165) is 37.0 Å². The van der Waals surface area contributed by atoms with E-state index in [1.165, 1.54) is 0 Å². The van der Waals surface area contributed by atoms with Crippen LogP contribution < -0.4 is 0 Å². The Bertz CT molecular complexity index is 816. The minimum absolute atomic E-state index is 0.0160. The third-order valence-corrected chi connectivity index (χ3v) is 6.13. The van der Waals surface area contributed by atoms with Crippen molar-refractivity contribution in [2.24, 2.45) is 5.41 Å². The van der Waals surface area contributed by atoms with Gasteiger partial charge in [0.25, 0.3) is 0 Å². The number of carbonyl (C=O) groups excluding carboxylic acids is 1. The first-order valence-electron chi connectivity index (χ1n) is 8.08. The molecule has 1 aliphatic carbocycles. The Morgan fingerprint density at radius 2 is 2.13 bits per heavy atom. The number of aliphatic hydroxyl groups excluding tert-OH is 1. The monoisotopic (exact) mass is 332 g/mol. The van der Waals surface area contributed by atoms with E-state index in [9.17, 15) is 9.90 Å². The van der Waals surface area contributed by atoms with Crippen molar-refractivity contribution in [3.8, 4) is 0 Å². The quantitative estimate of drug-likeness (QED) is 0.861. The molecule has 1 unspecified atom stereocenters. The van der Waals surface area contributed by atoms with Crippen molar-refractivity contribution >= 4 is 23.0 Å². The Labute approximate surface area is 138 Å². The lowest BCUT2D eigenvalue weighted by atomic mass is 9.89. The van der Waals surface area contributed by atoms with E-state index in [2.05, 4.69) is 9.97 Å². The second-order valence-electron chi connectivity index (χ2n) is 6.99. The predicted molar refractivity (Wildman–Crippen MR) is 83.1 cm³/mol. The molecule has 2 aromatic heterocycles. The number of aliphatic hydroxyl groups is 1. The van der Waals surface area contributed by atoms with Crippen LogP contribution in [0.5, 0.6) is 0 Å². The standard InChI is InChI=1S/C16H17ClN4O2/c17-13-11-7-19-14(20(11)6-5-18-13)9-1-2-10-12(22)16(3-4-16)15(23)21(10)8-9/h5-7,9-10,12,22H,1-4,8H2/t9?,10-,12+/m0/s1. The van der Waals surface area contributed by atoms with E-state index in [1.807, 2.05) is 15.5 Å². The van der Waals surface area contributed by atoms with Gasteiger partial charge in [-0.3, -0.25) is 9.20 Å². The van der Waals surface area contributed by atoms with E-state index in [0.29, 0.717) is 11.7 Å². The fourth-order valence-corrected chi connectivity index (χ4v) is 4.60. The summed E-state index contributed by atoms with van der Waals surface area (Å²) in [5.74, 6) is 1.22. The molecule has 7 heteroatoms. The number of carbonyl (C=O) groups is 1. The Morgan fingerprint density at radius 1 is 1.30 bits per heavy atom. The fourth-order valence-electron chi connectivity index (χ4n) is 4.41. The van der Waals surface area contributed by atoms with Crippen LogP contribution in [0, 0.1) is 5.41 Å². The maximum Gasteiger partial charge on any atom is 0.231 e. The Kier molecular flexibility index (Phi) is 2.66. The molecule has 120 valence electrons. The number of hydrogen-bond acceptors (Lipinski definition) is 4. The van der Waals surface area contributed by atoms with Crippen LogP contribution in [0.1, 0.15) is 37.4 Å². The van der Waals surface area contributed by atoms with Crippen LogP contribution in [0.2, 0.25) is 5.15 Å². The topological polar surface area (TPSA) is 70.7 Å². The number of nitrogens with zero attached hydrogens (tertiary/aromatic N) is 4. The molecule has 1 spiro atoms. The fraction of sp³-hybridized carbons (Fsp3) is 0.562. The van der Waals surface area contributed by atoms with Crippen molar-refractivity contribution in [2.45, 2.75) is 43.7 Å². The average molecular weight is 333 g/mol. The van der Waals surface area contributed by atoms with Gasteiger partial charge in [-0.25, -0.2) is 9.97 Å². The van der Waals surface area contributed by atoms with Crippen LogP contribution in [0.4, 0.5) is 0 Å². The van der Waals surface area contributed by atoms with Gasteiger partial charge in [-0.05, 0) is 25.7 Å². The van der Waals surface area contributed by atoms with Crippen LogP contribution in [-0.2, 0) is 4.79 Å². The van der Waals surface area contributed by atoms with E-state index in [-0.39, 0.29) is 17.9 Å². The van der Waals surface area contributed by atoms with Gasteiger partial charge in [0.15, 0.2) is 5.15 Å². The predicted octanol–water partition coefficient (Wildman–Crippen LogP) is 1.61. The molecular weight excluding hydrogens is 316 g/mol. The molecular formula is C16H17ClN4O2. The largest absolute Gasteiger partial charge is 0.390 e. The van der Waals surface area contributed by atoms with Crippen molar-refractivity contribution in [1.29, 1.82) is 0 Å². The number of piperidine rings is 1. The van der Waals surface area contributed by atoms with Gasteiger partial charge in [0, 0.05) is 24.9 Å². The lowest BCUT2D eigenvalue weighted by Crippen LogP contribution is -2.44. The first kappa shape index (κ1) is 13.7. The summed E-state index contributed by atoms with van der Waals surface area (Å²) in [7, 11) is 0. The van der Waals surface area contributed by atoms with E-state index in [4.69, 9.17) is 11.6 Å². The molecule has 3 fully saturated rings. The molecule has 23 heavy (non-hydrogen) atoms. The molecule has 2 saturated heterocycles. The molecule has 5 rings (SSSR count). The second kappa shape index (κ2) is 4.45.